The first-order valence-electron chi connectivity index (χ1n) is 10.2. The molecule has 1 heterocycles. The molecule has 6 heteroatoms. The van der Waals surface area contributed by atoms with Crippen molar-refractivity contribution in [2.75, 3.05) is 40.0 Å². The molecule has 148 valence electrons. The van der Waals surface area contributed by atoms with Gasteiger partial charge >= 0.3 is 0 Å². The summed E-state index contributed by atoms with van der Waals surface area (Å²) in [6.45, 7) is 4.29. The Hall–Kier alpha value is -1.37. The predicted octanol–water partition coefficient (Wildman–Crippen LogP) is 2.72. The van der Waals surface area contributed by atoms with E-state index in [4.69, 9.17) is 21.7 Å². The van der Waals surface area contributed by atoms with E-state index in [0.29, 0.717) is 6.04 Å². The first-order valence-corrected chi connectivity index (χ1v) is 10.6. The second-order valence-electron chi connectivity index (χ2n) is 8.07. The van der Waals surface area contributed by atoms with Gasteiger partial charge in [0.1, 0.15) is 5.75 Å². The molecule has 2 bridgehead atoms. The van der Waals surface area contributed by atoms with Crippen molar-refractivity contribution in [2.24, 2.45) is 11.8 Å². The predicted molar refractivity (Wildman–Crippen MR) is 111 cm³/mol. The van der Waals surface area contributed by atoms with Crippen LogP contribution in [0.2, 0.25) is 0 Å². The number of nitrogens with one attached hydrogen (secondary N) is 2. The molecule has 4 rings (SSSR count). The highest BCUT2D eigenvalue weighted by atomic mass is 32.1. The van der Waals surface area contributed by atoms with E-state index in [1.54, 1.807) is 7.11 Å². The van der Waals surface area contributed by atoms with Crippen molar-refractivity contribution in [1.82, 2.24) is 15.5 Å². The number of fused-ring (bicyclic) bond motifs is 2. The van der Waals surface area contributed by atoms with E-state index in [1.807, 2.05) is 12.1 Å². The summed E-state index contributed by atoms with van der Waals surface area (Å²) < 4.78 is 10.9. The summed E-state index contributed by atoms with van der Waals surface area (Å²) in [5, 5.41) is 7.90. The van der Waals surface area contributed by atoms with Gasteiger partial charge < -0.3 is 20.1 Å². The highest BCUT2D eigenvalue weighted by molar-refractivity contribution is 7.80. The Balaban J connectivity index is 1.36. The molecule has 3 fully saturated rings. The molecule has 27 heavy (non-hydrogen) atoms. The first-order chi connectivity index (χ1) is 13.2. The van der Waals surface area contributed by atoms with Crippen LogP contribution >= 0.6 is 12.2 Å². The molecule has 1 aromatic carbocycles. The van der Waals surface area contributed by atoms with Crippen LogP contribution in [0.25, 0.3) is 0 Å². The quantitative estimate of drug-likeness (QED) is 0.730. The SMILES string of the molecule is COc1ccc(C(CNC(=S)NC2CC3CCC2C3)N2CCOCC2)cc1. The second kappa shape index (κ2) is 8.76. The molecule has 0 amide bonds. The van der Waals surface area contributed by atoms with Crippen LogP contribution in [0.5, 0.6) is 5.75 Å². The molecule has 4 atom stereocenters. The summed E-state index contributed by atoms with van der Waals surface area (Å²) in [7, 11) is 1.70. The Kier molecular flexibility index (Phi) is 6.15. The van der Waals surface area contributed by atoms with Crippen molar-refractivity contribution in [2.45, 2.75) is 37.8 Å². The van der Waals surface area contributed by atoms with E-state index in [1.165, 1.54) is 31.2 Å². The maximum Gasteiger partial charge on any atom is 0.166 e. The maximum atomic E-state index is 5.63. The molecule has 1 aromatic rings. The van der Waals surface area contributed by atoms with E-state index in [9.17, 15) is 0 Å². The molecule has 2 aliphatic carbocycles. The highest BCUT2D eigenvalue weighted by Gasteiger charge is 2.39. The molecular formula is C21H31N3O2S. The van der Waals surface area contributed by atoms with Crippen LogP contribution in [-0.2, 0) is 4.74 Å². The largest absolute Gasteiger partial charge is 0.497 e. The summed E-state index contributed by atoms with van der Waals surface area (Å²) in [5.74, 6) is 2.64. The molecule has 2 saturated carbocycles. The number of nitrogens with zero attached hydrogens (tertiary/aromatic N) is 1. The molecule has 2 N–H and O–H groups in total. The fourth-order valence-electron chi connectivity index (χ4n) is 5.00. The van der Waals surface area contributed by atoms with Gasteiger partial charge in [-0.1, -0.05) is 18.6 Å². The van der Waals surface area contributed by atoms with Crippen molar-refractivity contribution < 1.29 is 9.47 Å². The summed E-state index contributed by atoms with van der Waals surface area (Å²) in [6, 6.07) is 9.25. The zero-order chi connectivity index (χ0) is 18.6. The van der Waals surface area contributed by atoms with Crippen LogP contribution in [0.3, 0.4) is 0 Å². The van der Waals surface area contributed by atoms with Gasteiger partial charge in [-0.15, -0.1) is 0 Å². The Bertz CT molecular complexity index is 633. The summed E-state index contributed by atoms with van der Waals surface area (Å²) in [6.07, 6.45) is 5.47. The van der Waals surface area contributed by atoms with Crippen LogP contribution in [0.15, 0.2) is 24.3 Å². The van der Waals surface area contributed by atoms with E-state index in [0.717, 1.165) is 55.5 Å². The Morgan fingerprint density at radius 3 is 2.63 bits per heavy atom. The molecule has 1 saturated heterocycles. The number of morpholine rings is 1. The van der Waals surface area contributed by atoms with E-state index >= 15 is 0 Å². The molecule has 0 radical (unpaired) electrons. The third-order valence-electron chi connectivity index (χ3n) is 6.50. The number of rotatable bonds is 6. The van der Waals surface area contributed by atoms with Gasteiger partial charge in [-0.25, -0.2) is 0 Å². The van der Waals surface area contributed by atoms with Gasteiger partial charge in [0.2, 0.25) is 0 Å². The second-order valence-corrected chi connectivity index (χ2v) is 8.48. The van der Waals surface area contributed by atoms with Crippen LogP contribution in [0.1, 0.15) is 37.3 Å². The van der Waals surface area contributed by atoms with E-state index in [2.05, 4.69) is 27.7 Å². The number of ether oxygens (including phenoxy) is 2. The van der Waals surface area contributed by atoms with Gasteiger partial charge in [0.15, 0.2) is 5.11 Å². The van der Waals surface area contributed by atoms with Gasteiger partial charge in [-0.05, 0) is 61.0 Å². The Labute approximate surface area is 167 Å². The highest BCUT2D eigenvalue weighted by Crippen LogP contribution is 2.44. The fourth-order valence-corrected chi connectivity index (χ4v) is 5.24. The number of hydrogen-bond donors (Lipinski definition) is 2. The standard InChI is InChI=1S/C21H31N3O2S/c1-25-18-6-4-16(5-7-18)20(24-8-10-26-11-9-24)14-22-21(27)23-19-13-15-2-3-17(19)12-15/h4-7,15,17,19-20H,2-3,8-14H2,1H3,(H2,22,23,27). The first kappa shape index (κ1) is 19.0. The minimum Gasteiger partial charge on any atom is -0.497 e. The van der Waals surface area contributed by atoms with Crippen molar-refractivity contribution in [3.63, 3.8) is 0 Å². The van der Waals surface area contributed by atoms with E-state index in [-0.39, 0.29) is 6.04 Å². The lowest BCUT2D eigenvalue weighted by atomic mass is 9.95. The number of benzene rings is 1. The minimum atomic E-state index is 0.277. The summed E-state index contributed by atoms with van der Waals surface area (Å²) in [4.78, 5) is 2.48. The van der Waals surface area contributed by atoms with Crippen LogP contribution in [0, 0.1) is 11.8 Å². The smallest absolute Gasteiger partial charge is 0.166 e. The number of hydrogen-bond acceptors (Lipinski definition) is 4. The zero-order valence-electron chi connectivity index (χ0n) is 16.2. The lowest BCUT2D eigenvalue weighted by Crippen LogP contribution is -2.48. The van der Waals surface area contributed by atoms with Crippen molar-refractivity contribution >= 4 is 17.3 Å². The Morgan fingerprint density at radius 1 is 1.22 bits per heavy atom. The van der Waals surface area contributed by atoms with Crippen LogP contribution in [0.4, 0.5) is 0 Å². The maximum absolute atomic E-state index is 5.63. The average Bonchev–Trinajstić information content (AvgIpc) is 3.32. The van der Waals surface area contributed by atoms with Crippen LogP contribution in [-0.4, -0.2) is 56.0 Å². The van der Waals surface area contributed by atoms with Crippen molar-refractivity contribution in [1.29, 1.82) is 0 Å². The van der Waals surface area contributed by atoms with Gasteiger partial charge in [0.05, 0.1) is 26.4 Å². The molecule has 0 aromatic heterocycles. The topological polar surface area (TPSA) is 45.8 Å². The van der Waals surface area contributed by atoms with Gasteiger partial charge in [-0.3, -0.25) is 4.90 Å². The average molecular weight is 390 g/mol. The summed E-state index contributed by atoms with van der Waals surface area (Å²) >= 11 is 5.63. The fraction of sp³-hybridized carbons (Fsp3) is 0.667. The van der Waals surface area contributed by atoms with Crippen molar-refractivity contribution in [3.05, 3.63) is 29.8 Å². The van der Waals surface area contributed by atoms with Gasteiger partial charge in [0, 0.05) is 25.7 Å². The molecular weight excluding hydrogens is 358 g/mol. The normalized spacial score (nSPS) is 28.7. The third-order valence-corrected chi connectivity index (χ3v) is 6.76. The molecule has 3 aliphatic rings. The summed E-state index contributed by atoms with van der Waals surface area (Å²) in [5.41, 5.74) is 1.29. The monoisotopic (exact) mass is 389 g/mol. The van der Waals surface area contributed by atoms with Crippen molar-refractivity contribution in [3.8, 4) is 5.75 Å². The zero-order valence-corrected chi connectivity index (χ0v) is 17.0. The van der Waals surface area contributed by atoms with Gasteiger partial charge in [0.25, 0.3) is 0 Å². The molecule has 1 aliphatic heterocycles. The third kappa shape index (κ3) is 4.55. The lowest BCUT2D eigenvalue weighted by Gasteiger charge is -2.35. The number of methoxy groups -OCH3 is 1. The molecule has 4 unspecified atom stereocenters. The molecule has 0 spiro atoms. The van der Waals surface area contributed by atoms with Crippen LogP contribution < -0.4 is 15.4 Å². The lowest BCUT2D eigenvalue weighted by molar-refractivity contribution is 0.0170. The van der Waals surface area contributed by atoms with Gasteiger partial charge in [-0.2, -0.15) is 0 Å². The van der Waals surface area contributed by atoms with E-state index < -0.39 is 0 Å². The Morgan fingerprint density at radius 2 is 2.00 bits per heavy atom. The minimum absolute atomic E-state index is 0.277. The molecule has 5 nitrogen and oxygen atoms in total. The number of thiocarbonyl (C=S) groups is 1.